The van der Waals surface area contributed by atoms with Crippen LogP contribution in [0.15, 0.2) is 18.2 Å². The highest BCUT2D eigenvalue weighted by Gasteiger charge is 2.25. The number of carbonyl (C=O) groups excluding carboxylic acids is 1. The molecule has 1 aliphatic rings. The zero-order valence-corrected chi connectivity index (χ0v) is 13.3. The number of nitrogens with zero attached hydrogens (tertiary/aromatic N) is 1. The van der Waals surface area contributed by atoms with Crippen molar-refractivity contribution in [1.29, 1.82) is 0 Å². The fourth-order valence-corrected chi connectivity index (χ4v) is 2.81. The summed E-state index contributed by atoms with van der Waals surface area (Å²) < 4.78 is 0.752. The molecule has 1 aliphatic heterocycles. The molecule has 19 heavy (non-hydrogen) atoms. The molecule has 2 N–H and O–H groups in total. The summed E-state index contributed by atoms with van der Waals surface area (Å²) in [4.78, 5) is 14.4. The SMILES string of the molecule is CC1CN(C)CCC1NC(=O)c1ccc(I)c(O)c1. The van der Waals surface area contributed by atoms with Gasteiger partial charge in [-0.3, -0.25) is 4.79 Å². The lowest BCUT2D eigenvalue weighted by molar-refractivity contribution is 0.0883. The van der Waals surface area contributed by atoms with Crippen LogP contribution in [0.5, 0.6) is 5.75 Å². The van der Waals surface area contributed by atoms with Crippen molar-refractivity contribution >= 4 is 28.5 Å². The minimum atomic E-state index is -0.104. The Morgan fingerprint density at radius 1 is 1.53 bits per heavy atom. The van der Waals surface area contributed by atoms with Crippen LogP contribution in [-0.4, -0.2) is 42.1 Å². The number of halogens is 1. The number of piperidine rings is 1. The fraction of sp³-hybridized carbons (Fsp3) is 0.500. The number of rotatable bonds is 2. The molecule has 1 amide bonds. The summed E-state index contributed by atoms with van der Waals surface area (Å²) in [5, 5.41) is 12.7. The molecule has 5 heteroatoms. The normalized spacial score (nSPS) is 24.2. The molecule has 4 nitrogen and oxygen atoms in total. The number of hydrogen-bond donors (Lipinski definition) is 2. The van der Waals surface area contributed by atoms with E-state index in [0.717, 1.165) is 23.1 Å². The van der Waals surface area contributed by atoms with Crippen LogP contribution in [0.1, 0.15) is 23.7 Å². The summed E-state index contributed by atoms with van der Waals surface area (Å²) in [5.41, 5.74) is 0.518. The van der Waals surface area contributed by atoms with Gasteiger partial charge < -0.3 is 15.3 Å². The van der Waals surface area contributed by atoms with Crippen LogP contribution >= 0.6 is 22.6 Å². The zero-order valence-electron chi connectivity index (χ0n) is 11.2. The Bertz CT molecular complexity index is 479. The molecule has 1 fully saturated rings. The average Bonchev–Trinajstić information content (AvgIpc) is 2.36. The molecule has 0 saturated carbocycles. The molecule has 0 bridgehead atoms. The Morgan fingerprint density at radius 2 is 2.26 bits per heavy atom. The second kappa shape index (κ2) is 6.09. The van der Waals surface area contributed by atoms with Crippen LogP contribution in [0.2, 0.25) is 0 Å². The molecule has 0 aromatic heterocycles. The molecule has 1 aromatic carbocycles. The predicted octanol–water partition coefficient (Wildman–Crippen LogP) is 2.07. The van der Waals surface area contributed by atoms with Gasteiger partial charge in [-0.05, 0) is 66.7 Å². The summed E-state index contributed by atoms with van der Waals surface area (Å²) in [6.45, 7) is 4.17. The predicted molar refractivity (Wildman–Crippen MR) is 83.4 cm³/mol. The topological polar surface area (TPSA) is 52.6 Å². The maximum atomic E-state index is 12.2. The lowest BCUT2D eigenvalue weighted by Crippen LogP contribution is -2.48. The van der Waals surface area contributed by atoms with Crippen molar-refractivity contribution in [2.75, 3.05) is 20.1 Å². The Hall–Kier alpha value is -0.820. The van der Waals surface area contributed by atoms with Crippen molar-refractivity contribution in [3.63, 3.8) is 0 Å². The Kier molecular flexibility index (Phi) is 4.67. The fourth-order valence-electron chi connectivity index (χ4n) is 2.47. The Morgan fingerprint density at radius 3 is 2.89 bits per heavy atom. The molecule has 2 rings (SSSR count). The van der Waals surface area contributed by atoms with E-state index in [9.17, 15) is 9.90 Å². The highest BCUT2D eigenvalue weighted by molar-refractivity contribution is 14.1. The van der Waals surface area contributed by atoms with Gasteiger partial charge in [-0.2, -0.15) is 0 Å². The number of carbonyl (C=O) groups is 1. The largest absolute Gasteiger partial charge is 0.507 e. The summed E-state index contributed by atoms with van der Waals surface area (Å²) in [6.07, 6.45) is 0.972. The number of hydrogen-bond acceptors (Lipinski definition) is 3. The van der Waals surface area contributed by atoms with Gasteiger partial charge in [-0.25, -0.2) is 0 Å². The van der Waals surface area contributed by atoms with Crippen LogP contribution in [0.3, 0.4) is 0 Å². The van der Waals surface area contributed by atoms with Crippen molar-refractivity contribution in [2.45, 2.75) is 19.4 Å². The summed E-state index contributed by atoms with van der Waals surface area (Å²) >= 11 is 2.04. The molecule has 2 unspecified atom stereocenters. The van der Waals surface area contributed by atoms with Crippen molar-refractivity contribution in [3.05, 3.63) is 27.3 Å². The molecule has 104 valence electrons. The van der Waals surface area contributed by atoms with Gasteiger partial charge >= 0.3 is 0 Å². The molecule has 1 heterocycles. The van der Waals surface area contributed by atoms with Gasteiger partial charge in [0.2, 0.25) is 0 Å². The van der Waals surface area contributed by atoms with Crippen molar-refractivity contribution in [2.24, 2.45) is 5.92 Å². The molecule has 0 spiro atoms. The lowest BCUT2D eigenvalue weighted by atomic mass is 9.94. The molecular formula is C14H19IN2O2. The minimum absolute atomic E-state index is 0.104. The standard InChI is InChI=1S/C14H19IN2O2/c1-9-8-17(2)6-5-12(9)16-14(19)10-3-4-11(15)13(18)7-10/h3-4,7,9,12,18H,5-6,8H2,1-2H3,(H,16,19). The average molecular weight is 374 g/mol. The number of likely N-dealkylation sites (tertiary alicyclic amines) is 1. The molecule has 1 saturated heterocycles. The van der Waals surface area contributed by atoms with Gasteiger partial charge in [-0.1, -0.05) is 6.92 Å². The third-order valence-electron chi connectivity index (χ3n) is 3.63. The first-order chi connectivity index (χ1) is 8.97. The first-order valence-corrected chi connectivity index (χ1v) is 7.53. The minimum Gasteiger partial charge on any atom is -0.507 e. The lowest BCUT2D eigenvalue weighted by Gasteiger charge is -2.35. The van der Waals surface area contributed by atoms with E-state index in [1.54, 1.807) is 12.1 Å². The molecule has 2 atom stereocenters. The number of phenolic OH excluding ortho intramolecular Hbond substituents is 1. The monoisotopic (exact) mass is 374 g/mol. The van der Waals surface area contributed by atoms with Crippen LogP contribution in [-0.2, 0) is 0 Å². The Balaban J connectivity index is 2.02. The highest BCUT2D eigenvalue weighted by atomic mass is 127. The summed E-state index contributed by atoms with van der Waals surface area (Å²) in [6, 6.07) is 5.24. The number of amides is 1. The van der Waals surface area contributed by atoms with E-state index < -0.39 is 0 Å². The quantitative estimate of drug-likeness (QED) is 0.780. The second-order valence-corrected chi connectivity index (χ2v) is 6.44. The first-order valence-electron chi connectivity index (χ1n) is 6.45. The zero-order chi connectivity index (χ0) is 14.0. The van der Waals surface area contributed by atoms with E-state index in [2.05, 4.69) is 24.2 Å². The van der Waals surface area contributed by atoms with Crippen LogP contribution in [0, 0.1) is 9.49 Å². The molecule has 1 aromatic rings. The summed E-state index contributed by atoms with van der Waals surface area (Å²) in [7, 11) is 2.10. The van der Waals surface area contributed by atoms with Crippen molar-refractivity contribution in [3.8, 4) is 5.75 Å². The van der Waals surface area contributed by atoms with Gasteiger partial charge in [0.1, 0.15) is 5.75 Å². The Labute approximate surface area is 127 Å². The van der Waals surface area contributed by atoms with Crippen LogP contribution < -0.4 is 5.32 Å². The third-order valence-corrected chi connectivity index (χ3v) is 4.55. The van der Waals surface area contributed by atoms with E-state index in [1.807, 2.05) is 22.6 Å². The maximum absolute atomic E-state index is 12.2. The van der Waals surface area contributed by atoms with Gasteiger partial charge in [0.15, 0.2) is 0 Å². The van der Waals surface area contributed by atoms with E-state index >= 15 is 0 Å². The van der Waals surface area contributed by atoms with E-state index in [-0.39, 0.29) is 17.7 Å². The molecule has 0 aliphatic carbocycles. The molecule has 0 radical (unpaired) electrons. The van der Waals surface area contributed by atoms with Crippen LogP contribution in [0.25, 0.3) is 0 Å². The van der Waals surface area contributed by atoms with Crippen molar-refractivity contribution < 1.29 is 9.90 Å². The van der Waals surface area contributed by atoms with E-state index in [4.69, 9.17) is 0 Å². The second-order valence-electron chi connectivity index (χ2n) is 5.27. The third kappa shape index (κ3) is 3.60. The maximum Gasteiger partial charge on any atom is 0.251 e. The number of aromatic hydroxyl groups is 1. The highest BCUT2D eigenvalue weighted by Crippen LogP contribution is 2.21. The van der Waals surface area contributed by atoms with Gasteiger partial charge in [0.05, 0.1) is 3.57 Å². The molecular weight excluding hydrogens is 355 g/mol. The smallest absolute Gasteiger partial charge is 0.251 e. The number of nitrogens with one attached hydrogen (secondary N) is 1. The number of phenols is 1. The number of benzene rings is 1. The van der Waals surface area contributed by atoms with Crippen molar-refractivity contribution in [1.82, 2.24) is 10.2 Å². The van der Waals surface area contributed by atoms with Crippen LogP contribution in [0.4, 0.5) is 0 Å². The van der Waals surface area contributed by atoms with Gasteiger partial charge in [-0.15, -0.1) is 0 Å². The van der Waals surface area contributed by atoms with E-state index in [0.29, 0.717) is 11.5 Å². The first kappa shape index (κ1) is 14.6. The van der Waals surface area contributed by atoms with E-state index in [1.165, 1.54) is 6.07 Å². The van der Waals surface area contributed by atoms with Gasteiger partial charge in [0.25, 0.3) is 5.91 Å². The van der Waals surface area contributed by atoms with Gasteiger partial charge in [0, 0.05) is 18.2 Å². The summed E-state index contributed by atoms with van der Waals surface area (Å²) in [5.74, 6) is 0.498.